The number of ether oxygens (including phenoxy) is 2. The van der Waals surface area contributed by atoms with Crippen LogP contribution in [0.3, 0.4) is 0 Å². The molecule has 0 aliphatic heterocycles. The molecule has 3 nitrogen and oxygen atoms in total. The van der Waals surface area contributed by atoms with E-state index < -0.39 is 24.2 Å². The lowest BCUT2D eigenvalue weighted by molar-refractivity contribution is -0.194. The second kappa shape index (κ2) is 5.34. The molecule has 0 N–H and O–H groups in total. The van der Waals surface area contributed by atoms with Gasteiger partial charge in [-0.05, 0) is 18.9 Å². The fraction of sp³-hybridized carbons (Fsp3) is 0.500. The summed E-state index contributed by atoms with van der Waals surface area (Å²) in [6, 6.07) is 6.55. The predicted octanol–water partition coefficient (Wildman–Crippen LogP) is 3.12. The Morgan fingerprint density at radius 3 is 2.50 bits per heavy atom. The molecule has 0 saturated heterocycles. The topological polar surface area (TPSA) is 35.5 Å². The van der Waals surface area contributed by atoms with Gasteiger partial charge >= 0.3 is 12.1 Å². The van der Waals surface area contributed by atoms with Crippen LogP contribution in [0.4, 0.5) is 13.2 Å². The Bertz CT molecular complexity index is 493. The minimum Gasteiger partial charge on any atom is -0.492 e. The number of esters is 1. The molecule has 1 aliphatic rings. The lowest BCUT2D eigenvalue weighted by atomic mass is 10.1. The van der Waals surface area contributed by atoms with E-state index >= 15 is 0 Å². The SMILES string of the molecule is COC(=O)Cc1ccccc1OCC1(C(F)(F)F)CC1. The van der Waals surface area contributed by atoms with Crippen LogP contribution in [-0.2, 0) is 16.0 Å². The number of methoxy groups -OCH3 is 1. The summed E-state index contributed by atoms with van der Waals surface area (Å²) in [5.41, 5.74) is -1.19. The highest BCUT2D eigenvalue weighted by Gasteiger charge is 2.63. The Labute approximate surface area is 114 Å². The molecular formula is C14H15F3O3. The Morgan fingerprint density at radius 1 is 1.30 bits per heavy atom. The van der Waals surface area contributed by atoms with Gasteiger partial charge in [0.05, 0.1) is 13.5 Å². The zero-order valence-corrected chi connectivity index (χ0v) is 11.0. The normalized spacial score (nSPS) is 16.6. The summed E-state index contributed by atoms with van der Waals surface area (Å²) in [7, 11) is 1.26. The molecular weight excluding hydrogens is 273 g/mol. The van der Waals surface area contributed by atoms with Crippen LogP contribution in [0.1, 0.15) is 18.4 Å². The van der Waals surface area contributed by atoms with Gasteiger partial charge in [-0.15, -0.1) is 0 Å². The van der Waals surface area contributed by atoms with Gasteiger partial charge in [0.25, 0.3) is 0 Å². The van der Waals surface area contributed by atoms with Gasteiger partial charge in [0, 0.05) is 5.56 Å². The van der Waals surface area contributed by atoms with Crippen LogP contribution < -0.4 is 4.74 Å². The van der Waals surface area contributed by atoms with Crippen LogP contribution in [0.25, 0.3) is 0 Å². The molecule has 1 aromatic rings. The van der Waals surface area contributed by atoms with E-state index in [9.17, 15) is 18.0 Å². The number of hydrogen-bond donors (Lipinski definition) is 0. The minimum absolute atomic E-state index is 0.0221. The largest absolute Gasteiger partial charge is 0.492 e. The fourth-order valence-electron chi connectivity index (χ4n) is 1.89. The highest BCUT2D eigenvalue weighted by atomic mass is 19.4. The quantitative estimate of drug-likeness (QED) is 0.781. The number of hydrogen-bond acceptors (Lipinski definition) is 3. The minimum atomic E-state index is -4.25. The average molecular weight is 288 g/mol. The van der Waals surface area contributed by atoms with E-state index in [0.717, 1.165) is 0 Å². The Hall–Kier alpha value is -1.72. The summed E-state index contributed by atoms with van der Waals surface area (Å²) < 4.78 is 48.3. The molecule has 0 atom stereocenters. The molecule has 0 bridgehead atoms. The number of para-hydroxylation sites is 1. The molecule has 0 heterocycles. The van der Waals surface area contributed by atoms with Gasteiger partial charge in [-0.25, -0.2) is 0 Å². The molecule has 0 amide bonds. The lowest BCUT2D eigenvalue weighted by Crippen LogP contribution is -2.30. The first-order valence-corrected chi connectivity index (χ1v) is 6.22. The van der Waals surface area contributed by atoms with Crippen molar-refractivity contribution in [1.82, 2.24) is 0 Å². The molecule has 0 spiro atoms. The average Bonchev–Trinajstić information content (AvgIpc) is 3.18. The first-order chi connectivity index (χ1) is 9.38. The number of alkyl halides is 3. The molecule has 0 radical (unpaired) electrons. The monoisotopic (exact) mass is 288 g/mol. The van der Waals surface area contributed by atoms with Gasteiger partial charge in [-0.1, -0.05) is 18.2 Å². The van der Waals surface area contributed by atoms with E-state index in [2.05, 4.69) is 4.74 Å². The van der Waals surface area contributed by atoms with Gasteiger partial charge in [-0.2, -0.15) is 13.2 Å². The molecule has 0 unspecified atom stereocenters. The van der Waals surface area contributed by atoms with E-state index in [4.69, 9.17) is 4.74 Å². The third-order valence-corrected chi connectivity index (χ3v) is 3.49. The molecule has 20 heavy (non-hydrogen) atoms. The maximum Gasteiger partial charge on any atom is 0.397 e. The lowest BCUT2D eigenvalue weighted by Gasteiger charge is -2.20. The maximum atomic E-state index is 12.8. The third-order valence-electron chi connectivity index (χ3n) is 3.49. The van der Waals surface area contributed by atoms with Gasteiger partial charge in [0.15, 0.2) is 0 Å². The van der Waals surface area contributed by atoms with Crippen LogP contribution >= 0.6 is 0 Å². The van der Waals surface area contributed by atoms with Crippen LogP contribution in [0, 0.1) is 5.41 Å². The molecule has 2 rings (SSSR count). The molecule has 1 saturated carbocycles. The zero-order valence-electron chi connectivity index (χ0n) is 11.0. The van der Waals surface area contributed by atoms with Crippen molar-refractivity contribution in [2.75, 3.05) is 13.7 Å². The number of halogens is 3. The smallest absolute Gasteiger partial charge is 0.397 e. The molecule has 0 aromatic heterocycles. The standard InChI is InChI=1S/C14H15F3O3/c1-19-12(18)8-10-4-2-3-5-11(10)20-9-13(6-7-13)14(15,16)17/h2-5H,6-9H2,1H3. The Morgan fingerprint density at radius 2 is 1.95 bits per heavy atom. The summed E-state index contributed by atoms with van der Waals surface area (Å²) in [5, 5.41) is 0. The summed E-state index contributed by atoms with van der Waals surface area (Å²) >= 11 is 0. The van der Waals surface area contributed by atoms with Crippen molar-refractivity contribution in [3.8, 4) is 5.75 Å². The first-order valence-electron chi connectivity index (χ1n) is 6.22. The zero-order chi connectivity index (χ0) is 14.8. The second-order valence-electron chi connectivity index (χ2n) is 4.93. The first kappa shape index (κ1) is 14.7. The Balaban J connectivity index is 2.05. The maximum absolute atomic E-state index is 12.8. The van der Waals surface area contributed by atoms with Crippen molar-refractivity contribution < 1.29 is 27.4 Å². The van der Waals surface area contributed by atoms with Gasteiger partial charge in [-0.3, -0.25) is 4.79 Å². The highest BCUT2D eigenvalue weighted by Crippen LogP contribution is 2.57. The predicted molar refractivity (Wildman–Crippen MR) is 65.4 cm³/mol. The number of rotatable bonds is 5. The number of carbonyl (C=O) groups excluding carboxylic acids is 1. The van der Waals surface area contributed by atoms with E-state index in [1.54, 1.807) is 24.3 Å². The number of benzene rings is 1. The van der Waals surface area contributed by atoms with Gasteiger partial charge in [0.2, 0.25) is 0 Å². The van der Waals surface area contributed by atoms with Crippen LogP contribution in [0.2, 0.25) is 0 Å². The molecule has 1 aliphatic carbocycles. The van der Waals surface area contributed by atoms with E-state index in [1.807, 2.05) is 0 Å². The molecule has 110 valence electrons. The van der Waals surface area contributed by atoms with Crippen LogP contribution in [0.15, 0.2) is 24.3 Å². The Kier molecular flexibility index (Phi) is 3.92. The van der Waals surface area contributed by atoms with Crippen molar-refractivity contribution in [3.63, 3.8) is 0 Å². The summed E-state index contributed by atoms with van der Waals surface area (Å²) in [4.78, 5) is 11.2. The third kappa shape index (κ3) is 3.05. The fourth-order valence-corrected chi connectivity index (χ4v) is 1.89. The van der Waals surface area contributed by atoms with Crippen molar-refractivity contribution in [2.45, 2.75) is 25.4 Å². The van der Waals surface area contributed by atoms with Crippen molar-refractivity contribution in [3.05, 3.63) is 29.8 Å². The van der Waals surface area contributed by atoms with Crippen molar-refractivity contribution >= 4 is 5.97 Å². The highest BCUT2D eigenvalue weighted by molar-refractivity contribution is 5.73. The van der Waals surface area contributed by atoms with Gasteiger partial charge < -0.3 is 9.47 Å². The van der Waals surface area contributed by atoms with Gasteiger partial charge in [0.1, 0.15) is 17.8 Å². The second-order valence-corrected chi connectivity index (χ2v) is 4.93. The summed E-state index contributed by atoms with van der Waals surface area (Å²) in [5.74, 6) is -0.161. The summed E-state index contributed by atoms with van der Waals surface area (Å²) in [6.45, 7) is -0.408. The van der Waals surface area contributed by atoms with Crippen LogP contribution in [0.5, 0.6) is 5.75 Å². The van der Waals surface area contributed by atoms with Crippen molar-refractivity contribution in [2.24, 2.45) is 5.41 Å². The van der Waals surface area contributed by atoms with E-state index in [-0.39, 0.29) is 19.3 Å². The van der Waals surface area contributed by atoms with Crippen molar-refractivity contribution in [1.29, 1.82) is 0 Å². The molecule has 6 heteroatoms. The number of carbonyl (C=O) groups is 1. The van der Waals surface area contributed by atoms with E-state index in [1.165, 1.54) is 7.11 Å². The molecule has 1 aromatic carbocycles. The van der Waals surface area contributed by atoms with Crippen LogP contribution in [-0.4, -0.2) is 25.9 Å². The summed E-state index contributed by atoms with van der Waals surface area (Å²) in [6.07, 6.45) is -4.08. The van der Waals surface area contributed by atoms with E-state index in [0.29, 0.717) is 11.3 Å². The molecule has 1 fully saturated rings.